The Hall–Kier alpha value is -5.16. The number of carboxylic acids is 4. The number of carbonyl (C=O) groups is 4. The zero-order valence-electron chi connectivity index (χ0n) is 18.2. The van der Waals surface area contributed by atoms with Crippen LogP contribution in [0, 0.1) is 58.2 Å². The molecule has 3 aromatic rings. The van der Waals surface area contributed by atoms with E-state index in [2.05, 4.69) is 0 Å². The van der Waals surface area contributed by atoms with E-state index in [0.29, 0.717) is 0 Å². The second-order valence-electron chi connectivity index (χ2n) is 7.36. The fourth-order valence-corrected chi connectivity index (χ4v) is 3.63. The fourth-order valence-electron chi connectivity index (χ4n) is 3.63. The van der Waals surface area contributed by atoms with E-state index in [0.717, 1.165) is 0 Å². The average Bonchev–Trinajstić information content (AvgIpc) is 2.85. The second-order valence-corrected chi connectivity index (χ2v) is 7.36. The highest BCUT2D eigenvalue weighted by Gasteiger charge is 2.40. The summed E-state index contributed by atoms with van der Waals surface area (Å²) in [6, 6.07) is 0. The lowest BCUT2D eigenvalue weighted by Crippen LogP contribution is -2.19. The molecule has 0 unspecified atom stereocenters. The van der Waals surface area contributed by atoms with Crippen LogP contribution >= 0.6 is 0 Å². The lowest BCUT2D eigenvalue weighted by molar-refractivity contribution is 0.0641. The molecule has 0 radical (unpaired) electrons. The van der Waals surface area contributed by atoms with Crippen molar-refractivity contribution in [1.29, 1.82) is 0 Å². The molecule has 3 rings (SSSR count). The third kappa shape index (κ3) is 4.03. The number of rotatable bonds is 6. The quantitative estimate of drug-likeness (QED) is 0.228. The van der Waals surface area contributed by atoms with Crippen molar-refractivity contribution < 1.29 is 83.5 Å². The van der Waals surface area contributed by atoms with Gasteiger partial charge in [0.05, 0.1) is 22.3 Å². The topological polar surface area (TPSA) is 149 Å². The number of hydrogen-bond acceptors (Lipinski definition) is 4. The molecule has 8 nitrogen and oxygen atoms in total. The average molecular weight is 586 g/mol. The molecular weight excluding hydrogens is 582 g/mol. The molecule has 210 valence electrons. The maximum absolute atomic E-state index is 14.9. The summed E-state index contributed by atoms with van der Waals surface area (Å²) in [7, 11) is 0. The van der Waals surface area contributed by atoms with Crippen LogP contribution in [0.25, 0.3) is 22.3 Å². The molecule has 0 fully saturated rings. The van der Waals surface area contributed by atoms with Crippen LogP contribution in [0.15, 0.2) is 0 Å². The Kier molecular flexibility index (Phi) is 7.25. The molecule has 0 spiro atoms. The van der Waals surface area contributed by atoms with Gasteiger partial charge in [0.15, 0.2) is 46.5 Å². The van der Waals surface area contributed by atoms with Gasteiger partial charge in [-0.05, 0) is 0 Å². The molecule has 0 aliphatic rings. The first-order chi connectivity index (χ1) is 18.4. The van der Waals surface area contributed by atoms with Crippen molar-refractivity contribution in [2.45, 2.75) is 0 Å². The van der Waals surface area contributed by atoms with Crippen molar-refractivity contribution in [1.82, 2.24) is 0 Å². The smallest absolute Gasteiger partial charge is 0.339 e. The van der Waals surface area contributed by atoms with E-state index in [1.54, 1.807) is 0 Å². The van der Waals surface area contributed by atoms with Crippen molar-refractivity contribution in [3.05, 3.63) is 80.4 Å². The van der Waals surface area contributed by atoms with Crippen LogP contribution in [0.1, 0.15) is 41.4 Å². The predicted octanol–water partition coefficient (Wildman–Crippen LogP) is 5.20. The van der Waals surface area contributed by atoms with E-state index in [-0.39, 0.29) is 0 Å². The molecular formula is C22H4F10O8. The molecule has 0 atom stereocenters. The SMILES string of the molecule is O=C(O)c1c(F)c(F)c(-c2c(F)c(F)c(-c3c(F)c(F)c(C(=O)O)c(C(=O)O)c3F)c(F)c2F)c(F)c1C(=O)O. The summed E-state index contributed by atoms with van der Waals surface area (Å²) in [6.07, 6.45) is 0. The maximum Gasteiger partial charge on any atom is 0.339 e. The van der Waals surface area contributed by atoms with Crippen molar-refractivity contribution in [2.24, 2.45) is 0 Å². The van der Waals surface area contributed by atoms with Crippen LogP contribution in [-0.2, 0) is 0 Å². The lowest BCUT2D eigenvalue weighted by atomic mass is 9.91. The third-order valence-corrected chi connectivity index (χ3v) is 5.26. The lowest BCUT2D eigenvalue weighted by Gasteiger charge is -2.17. The predicted molar refractivity (Wildman–Crippen MR) is 105 cm³/mol. The summed E-state index contributed by atoms with van der Waals surface area (Å²) in [5.74, 6) is -39.7. The monoisotopic (exact) mass is 586 g/mol. The maximum atomic E-state index is 14.9. The van der Waals surface area contributed by atoms with E-state index in [1.807, 2.05) is 0 Å². The van der Waals surface area contributed by atoms with Gasteiger partial charge in [0.25, 0.3) is 0 Å². The zero-order chi connectivity index (χ0) is 30.7. The Morgan fingerprint density at radius 3 is 0.650 bits per heavy atom. The van der Waals surface area contributed by atoms with Crippen LogP contribution in [0.5, 0.6) is 0 Å². The van der Waals surface area contributed by atoms with Crippen LogP contribution in [0.2, 0.25) is 0 Å². The van der Waals surface area contributed by atoms with Gasteiger partial charge in [-0.2, -0.15) is 0 Å². The minimum absolute atomic E-state index is 2.22. The standard InChI is InChI=1S/C22H4F10O8/c23-9-1(11(25)17(31)7(21(37)38)5(9)19(33)34)3-13(27)15(29)4(16(30)14(3)28)2-10(24)6(20(35)36)8(22(39)40)18(32)12(2)26/h(H,33,34)(H,35,36)(H,37,38)(H,39,40). The summed E-state index contributed by atoms with van der Waals surface area (Å²) in [4.78, 5) is 44.7. The van der Waals surface area contributed by atoms with Crippen LogP contribution < -0.4 is 0 Å². The van der Waals surface area contributed by atoms with Crippen LogP contribution in [0.3, 0.4) is 0 Å². The molecule has 0 bridgehead atoms. The highest BCUT2D eigenvalue weighted by molar-refractivity contribution is 6.04. The molecule has 0 saturated heterocycles. The molecule has 0 saturated carbocycles. The van der Waals surface area contributed by atoms with E-state index in [9.17, 15) is 63.1 Å². The Morgan fingerprint density at radius 1 is 0.300 bits per heavy atom. The Balaban J connectivity index is 2.58. The Morgan fingerprint density at radius 2 is 0.450 bits per heavy atom. The second kappa shape index (κ2) is 9.86. The summed E-state index contributed by atoms with van der Waals surface area (Å²) in [5, 5.41) is 35.8. The Labute approximate surface area is 210 Å². The highest BCUT2D eigenvalue weighted by Crippen LogP contribution is 2.43. The van der Waals surface area contributed by atoms with Gasteiger partial charge in [-0.3, -0.25) is 0 Å². The van der Waals surface area contributed by atoms with E-state index < -0.39 is 127 Å². The van der Waals surface area contributed by atoms with Gasteiger partial charge in [-0.25, -0.2) is 63.1 Å². The highest BCUT2D eigenvalue weighted by atomic mass is 19.2. The minimum Gasteiger partial charge on any atom is -0.478 e. The molecule has 0 aromatic heterocycles. The number of carboxylic acid groups (broad SMARTS) is 4. The van der Waals surface area contributed by atoms with Crippen molar-refractivity contribution in [3.63, 3.8) is 0 Å². The van der Waals surface area contributed by atoms with Gasteiger partial charge in [0, 0.05) is 0 Å². The first-order valence-corrected chi connectivity index (χ1v) is 9.60. The van der Waals surface area contributed by atoms with E-state index in [1.165, 1.54) is 0 Å². The molecule has 3 aromatic carbocycles. The number of aromatic carboxylic acids is 4. The van der Waals surface area contributed by atoms with E-state index in [4.69, 9.17) is 20.4 Å². The number of hydrogen-bond donors (Lipinski definition) is 4. The fraction of sp³-hybridized carbons (Fsp3) is 0. The van der Waals surface area contributed by atoms with Gasteiger partial charge in [-0.15, -0.1) is 0 Å². The van der Waals surface area contributed by atoms with E-state index >= 15 is 0 Å². The van der Waals surface area contributed by atoms with Crippen molar-refractivity contribution in [2.75, 3.05) is 0 Å². The molecule has 0 aliphatic heterocycles. The first kappa shape index (κ1) is 29.4. The van der Waals surface area contributed by atoms with Gasteiger partial charge in [-0.1, -0.05) is 0 Å². The molecule has 4 N–H and O–H groups in total. The molecule has 0 amide bonds. The largest absolute Gasteiger partial charge is 0.478 e. The van der Waals surface area contributed by atoms with Gasteiger partial charge in [0.2, 0.25) is 0 Å². The summed E-state index contributed by atoms with van der Waals surface area (Å²) < 4.78 is 147. The third-order valence-electron chi connectivity index (χ3n) is 5.26. The molecule has 0 heterocycles. The van der Waals surface area contributed by atoms with Crippen LogP contribution in [-0.4, -0.2) is 44.3 Å². The molecule has 18 heteroatoms. The minimum atomic E-state index is -3.05. The number of benzene rings is 3. The van der Waals surface area contributed by atoms with Gasteiger partial charge >= 0.3 is 23.9 Å². The summed E-state index contributed by atoms with van der Waals surface area (Å²) in [5.41, 5.74) is -19.3. The van der Waals surface area contributed by atoms with Gasteiger partial charge < -0.3 is 20.4 Å². The summed E-state index contributed by atoms with van der Waals surface area (Å²) in [6.45, 7) is 0. The number of halogens is 10. The van der Waals surface area contributed by atoms with Crippen molar-refractivity contribution >= 4 is 23.9 Å². The Bertz CT molecular complexity index is 1560. The summed E-state index contributed by atoms with van der Waals surface area (Å²) >= 11 is 0. The van der Waals surface area contributed by atoms with Crippen LogP contribution in [0.4, 0.5) is 43.9 Å². The van der Waals surface area contributed by atoms with Crippen molar-refractivity contribution in [3.8, 4) is 22.3 Å². The normalized spacial score (nSPS) is 11.1. The zero-order valence-corrected chi connectivity index (χ0v) is 18.2. The molecule has 0 aliphatic carbocycles. The first-order valence-electron chi connectivity index (χ1n) is 9.60. The molecule has 40 heavy (non-hydrogen) atoms. The van der Waals surface area contributed by atoms with Gasteiger partial charge in [0.1, 0.15) is 33.9 Å².